The van der Waals surface area contributed by atoms with Crippen LogP contribution in [0.5, 0.6) is 0 Å². The number of thioether (sulfide) groups is 1. The Labute approximate surface area is 256 Å². The van der Waals surface area contributed by atoms with Gasteiger partial charge in [0.2, 0.25) is 0 Å². The van der Waals surface area contributed by atoms with Crippen molar-refractivity contribution in [3.8, 4) is 5.69 Å². The summed E-state index contributed by atoms with van der Waals surface area (Å²) in [6.45, 7) is 2.12. The van der Waals surface area contributed by atoms with Crippen LogP contribution in [0.15, 0.2) is 107 Å². The van der Waals surface area contributed by atoms with Crippen molar-refractivity contribution in [2.75, 3.05) is 5.75 Å². The van der Waals surface area contributed by atoms with E-state index in [1.54, 1.807) is 57.3 Å². The van der Waals surface area contributed by atoms with Gasteiger partial charge in [-0.3, -0.25) is 14.2 Å². The van der Waals surface area contributed by atoms with Gasteiger partial charge < -0.3 is 5.32 Å². The summed E-state index contributed by atoms with van der Waals surface area (Å²) >= 11 is 2.82. The van der Waals surface area contributed by atoms with E-state index < -0.39 is 0 Å². The largest absolute Gasteiger partial charge is 0.345 e. The Hall–Kier alpha value is -4.61. The standard InChI is InChI=1S/C32H27FN6O2S2/c1-21-9-11-22(12-10-21)27-18-26(28-8-5-17-42-28)37-39(27)30(40)20-43-32-36-35-29(38(32)25-15-13-24(33)14-16-25)19-34-31(41)23-6-3-2-4-7-23/h2-17,27H,18-20H2,1H3,(H,34,41). The molecule has 1 N–H and O–H groups in total. The number of carbonyl (C=O) groups excluding carboxylic acids is 2. The molecule has 6 rings (SSSR count). The lowest BCUT2D eigenvalue weighted by Gasteiger charge is -2.22. The summed E-state index contributed by atoms with van der Waals surface area (Å²) < 4.78 is 15.5. The van der Waals surface area contributed by atoms with Crippen molar-refractivity contribution < 1.29 is 14.0 Å². The van der Waals surface area contributed by atoms with E-state index in [1.807, 2.05) is 54.8 Å². The number of hydrogen-bond acceptors (Lipinski definition) is 7. The molecule has 0 fully saturated rings. The van der Waals surface area contributed by atoms with Crippen LogP contribution in [0.1, 0.15) is 44.6 Å². The van der Waals surface area contributed by atoms with Crippen LogP contribution in [0.3, 0.4) is 0 Å². The number of rotatable bonds is 9. The summed E-state index contributed by atoms with van der Waals surface area (Å²) in [6, 6.07) is 26.7. The Balaban J connectivity index is 1.23. The van der Waals surface area contributed by atoms with Crippen LogP contribution in [0.4, 0.5) is 4.39 Å². The van der Waals surface area contributed by atoms with Crippen molar-refractivity contribution in [2.24, 2.45) is 5.10 Å². The number of aromatic nitrogens is 3. The number of aryl methyl sites for hydroxylation is 1. The third-order valence-corrected chi connectivity index (χ3v) is 8.82. The summed E-state index contributed by atoms with van der Waals surface area (Å²) in [5.74, 6) is -0.304. The first kappa shape index (κ1) is 28.5. The molecule has 0 saturated carbocycles. The predicted octanol–water partition coefficient (Wildman–Crippen LogP) is 6.18. The number of amides is 2. The molecule has 43 heavy (non-hydrogen) atoms. The highest BCUT2D eigenvalue weighted by Gasteiger charge is 2.33. The lowest BCUT2D eigenvalue weighted by molar-refractivity contribution is -0.130. The molecule has 216 valence electrons. The topological polar surface area (TPSA) is 92.5 Å². The van der Waals surface area contributed by atoms with E-state index in [-0.39, 0.29) is 36.0 Å². The Bertz CT molecular complexity index is 1750. The minimum atomic E-state index is -0.379. The highest BCUT2D eigenvalue weighted by Crippen LogP contribution is 2.35. The quantitative estimate of drug-likeness (QED) is 0.201. The van der Waals surface area contributed by atoms with Gasteiger partial charge in [-0.15, -0.1) is 21.5 Å². The fourth-order valence-electron chi connectivity index (χ4n) is 4.78. The van der Waals surface area contributed by atoms with Crippen LogP contribution in [0.2, 0.25) is 0 Å². The molecule has 0 saturated heterocycles. The van der Waals surface area contributed by atoms with Gasteiger partial charge in [0.25, 0.3) is 11.8 Å². The number of hydrogen-bond donors (Lipinski definition) is 1. The zero-order valence-electron chi connectivity index (χ0n) is 23.2. The van der Waals surface area contributed by atoms with Crippen molar-refractivity contribution >= 4 is 40.6 Å². The Morgan fingerprint density at radius 3 is 2.47 bits per heavy atom. The number of hydrazone groups is 1. The number of carbonyl (C=O) groups is 2. The fraction of sp³-hybridized carbons (Fsp3) is 0.156. The highest BCUT2D eigenvalue weighted by molar-refractivity contribution is 7.99. The molecule has 8 nitrogen and oxygen atoms in total. The fourth-order valence-corrected chi connectivity index (χ4v) is 6.33. The average molecular weight is 611 g/mol. The second-order valence-electron chi connectivity index (χ2n) is 9.94. The molecule has 2 amide bonds. The normalized spacial score (nSPS) is 14.5. The van der Waals surface area contributed by atoms with Gasteiger partial charge in [0, 0.05) is 17.7 Å². The maximum atomic E-state index is 13.8. The lowest BCUT2D eigenvalue weighted by atomic mass is 10.00. The molecule has 2 aromatic heterocycles. The molecular formula is C32H27FN6O2S2. The number of nitrogens with one attached hydrogen (secondary N) is 1. The minimum Gasteiger partial charge on any atom is -0.345 e. The molecule has 0 radical (unpaired) electrons. The molecular weight excluding hydrogens is 584 g/mol. The summed E-state index contributed by atoms with van der Waals surface area (Å²) in [5, 5.41) is 20.3. The van der Waals surface area contributed by atoms with Gasteiger partial charge in [-0.2, -0.15) is 5.10 Å². The first-order valence-electron chi connectivity index (χ1n) is 13.6. The van der Waals surface area contributed by atoms with Crippen LogP contribution in [0, 0.1) is 12.7 Å². The van der Waals surface area contributed by atoms with Crippen molar-refractivity contribution in [3.05, 3.63) is 130 Å². The summed E-state index contributed by atoms with van der Waals surface area (Å²) in [7, 11) is 0. The minimum absolute atomic E-state index is 0.0548. The molecule has 0 spiro atoms. The molecule has 3 heterocycles. The molecule has 3 aromatic carbocycles. The molecule has 0 aliphatic carbocycles. The van der Waals surface area contributed by atoms with Crippen molar-refractivity contribution in [3.63, 3.8) is 0 Å². The summed E-state index contributed by atoms with van der Waals surface area (Å²) in [5.41, 5.74) is 4.18. The van der Waals surface area contributed by atoms with Crippen LogP contribution in [-0.2, 0) is 11.3 Å². The van der Waals surface area contributed by atoms with Crippen LogP contribution < -0.4 is 5.32 Å². The molecule has 1 aliphatic heterocycles. The maximum Gasteiger partial charge on any atom is 0.253 e. The van der Waals surface area contributed by atoms with E-state index in [4.69, 9.17) is 5.10 Å². The first-order chi connectivity index (χ1) is 21.0. The smallest absolute Gasteiger partial charge is 0.253 e. The molecule has 1 unspecified atom stereocenters. The number of halogens is 1. The average Bonchev–Trinajstić information content (AvgIpc) is 3.80. The summed E-state index contributed by atoms with van der Waals surface area (Å²) in [6.07, 6.45) is 0.622. The third kappa shape index (κ3) is 6.42. The highest BCUT2D eigenvalue weighted by atomic mass is 32.2. The molecule has 0 bridgehead atoms. The van der Waals surface area contributed by atoms with Gasteiger partial charge in [-0.05, 0) is 60.3 Å². The van der Waals surface area contributed by atoms with Gasteiger partial charge in [0.05, 0.1) is 28.9 Å². The van der Waals surface area contributed by atoms with Gasteiger partial charge in [-0.25, -0.2) is 9.40 Å². The Morgan fingerprint density at radius 2 is 1.74 bits per heavy atom. The van der Waals surface area contributed by atoms with E-state index in [2.05, 4.69) is 15.5 Å². The van der Waals surface area contributed by atoms with Crippen molar-refractivity contribution in [2.45, 2.75) is 31.1 Å². The van der Waals surface area contributed by atoms with Gasteiger partial charge in [-0.1, -0.05) is 65.9 Å². The third-order valence-electron chi connectivity index (χ3n) is 6.99. The molecule has 11 heteroatoms. The number of thiophene rings is 1. The monoisotopic (exact) mass is 610 g/mol. The SMILES string of the molecule is Cc1ccc(C2CC(c3cccs3)=NN2C(=O)CSc2nnc(CNC(=O)c3ccccc3)n2-c2ccc(F)cc2)cc1. The van der Waals surface area contributed by atoms with Gasteiger partial charge in [0.1, 0.15) is 5.82 Å². The van der Waals surface area contributed by atoms with Crippen LogP contribution in [-0.4, -0.2) is 43.1 Å². The van der Waals surface area contributed by atoms with Crippen molar-refractivity contribution in [1.82, 2.24) is 25.1 Å². The maximum absolute atomic E-state index is 13.8. The van der Waals surface area contributed by atoms with Crippen LogP contribution >= 0.6 is 23.1 Å². The van der Waals surface area contributed by atoms with E-state index in [9.17, 15) is 14.0 Å². The van der Waals surface area contributed by atoms with Crippen LogP contribution in [0.25, 0.3) is 5.69 Å². The predicted molar refractivity (Wildman–Crippen MR) is 166 cm³/mol. The number of nitrogens with zero attached hydrogens (tertiary/aromatic N) is 5. The van der Waals surface area contributed by atoms with E-state index >= 15 is 0 Å². The Morgan fingerprint density at radius 1 is 0.977 bits per heavy atom. The molecule has 1 aliphatic rings. The lowest BCUT2D eigenvalue weighted by Crippen LogP contribution is -2.28. The van der Waals surface area contributed by atoms with E-state index in [1.165, 1.54) is 23.9 Å². The van der Waals surface area contributed by atoms with Gasteiger partial charge in [0.15, 0.2) is 11.0 Å². The number of benzene rings is 3. The Kier molecular flexibility index (Phi) is 8.43. The summed E-state index contributed by atoms with van der Waals surface area (Å²) in [4.78, 5) is 27.4. The zero-order valence-corrected chi connectivity index (χ0v) is 24.8. The second-order valence-corrected chi connectivity index (χ2v) is 11.8. The van der Waals surface area contributed by atoms with E-state index in [0.717, 1.165) is 21.7 Å². The van der Waals surface area contributed by atoms with Gasteiger partial charge >= 0.3 is 0 Å². The molecule has 5 aromatic rings. The zero-order chi connectivity index (χ0) is 29.8. The first-order valence-corrected chi connectivity index (χ1v) is 15.5. The molecule has 1 atom stereocenters. The van der Waals surface area contributed by atoms with Crippen molar-refractivity contribution in [1.29, 1.82) is 0 Å². The van der Waals surface area contributed by atoms with E-state index in [0.29, 0.717) is 28.7 Å². The second kappa shape index (κ2) is 12.7.